The van der Waals surface area contributed by atoms with Gasteiger partial charge in [-0.15, -0.1) is 0 Å². The molecule has 35 heavy (non-hydrogen) atoms. The predicted molar refractivity (Wildman–Crippen MR) is 135 cm³/mol. The number of nitrogens with zero attached hydrogens (tertiary/aromatic N) is 1. The molecule has 2 amide bonds. The maximum absolute atomic E-state index is 13.1. The molecule has 5 rings (SSSR count). The first-order valence-corrected chi connectivity index (χ1v) is 11.8. The van der Waals surface area contributed by atoms with E-state index in [1.54, 1.807) is 42.5 Å². The third-order valence-corrected chi connectivity index (χ3v) is 6.10. The number of hydrogen-bond acceptors (Lipinski definition) is 5. The van der Waals surface area contributed by atoms with E-state index in [9.17, 15) is 9.59 Å². The summed E-state index contributed by atoms with van der Waals surface area (Å²) in [6.07, 6.45) is 2.11. The Hall–Kier alpha value is -4.11. The second kappa shape index (κ2) is 10.0. The Morgan fingerprint density at radius 1 is 1.03 bits per heavy atom. The molecule has 3 N–H and O–H groups in total. The molecule has 0 spiro atoms. The molecule has 176 valence electrons. The van der Waals surface area contributed by atoms with Gasteiger partial charge in [-0.3, -0.25) is 9.59 Å². The number of carbonyl (C=O) groups excluding carboxylic acids is 2. The average molecular weight is 533 g/mol. The van der Waals surface area contributed by atoms with Gasteiger partial charge in [0.05, 0.1) is 16.6 Å². The average Bonchev–Trinajstić information content (AvgIpc) is 3.50. The minimum absolute atomic E-state index is 0.106. The molecule has 0 saturated carbocycles. The Kier molecular flexibility index (Phi) is 6.49. The minimum Gasteiger partial charge on any atom is -0.454 e. The zero-order valence-corrected chi connectivity index (χ0v) is 20.1. The number of hydrogen-bond donors (Lipinski definition) is 3. The number of carbonyl (C=O) groups is 2. The summed E-state index contributed by atoms with van der Waals surface area (Å²) in [5, 5.41) is 5.61. The Labute approximate surface area is 209 Å². The van der Waals surface area contributed by atoms with E-state index in [0.29, 0.717) is 40.1 Å². The predicted octanol–water partition coefficient (Wildman–Crippen LogP) is 4.18. The second-order valence-electron chi connectivity index (χ2n) is 7.81. The lowest BCUT2D eigenvalue weighted by Gasteiger charge is -2.12. The van der Waals surface area contributed by atoms with Crippen molar-refractivity contribution in [1.82, 2.24) is 20.6 Å². The maximum atomic E-state index is 13.1. The molecule has 0 unspecified atom stereocenters. The third kappa shape index (κ3) is 5.20. The lowest BCUT2D eigenvalue weighted by Crippen LogP contribution is -2.36. The van der Waals surface area contributed by atoms with Crippen LogP contribution in [0.15, 0.2) is 76.9 Å². The Balaban J connectivity index is 1.33. The molecule has 9 heteroatoms. The molecule has 1 aliphatic heterocycles. The standard InChI is InChI=1S/C26H21BrN4O4/c27-18-6-2-1-5-17(18)25(32)31-21(13-16-9-10-22-23(14-16)35-15-34-22)26(33)28-12-11-24-29-19-7-3-4-8-20(19)30-24/h1-10,13-14H,11-12,15H2,(H,28,33)(H,29,30)(H,31,32)/b21-13-. The van der Waals surface area contributed by atoms with Crippen molar-refractivity contribution in [2.45, 2.75) is 6.42 Å². The number of aromatic nitrogens is 2. The van der Waals surface area contributed by atoms with Crippen molar-refractivity contribution in [2.24, 2.45) is 0 Å². The number of rotatable bonds is 7. The molecule has 0 fully saturated rings. The molecular weight excluding hydrogens is 512 g/mol. The summed E-state index contributed by atoms with van der Waals surface area (Å²) in [7, 11) is 0. The van der Waals surface area contributed by atoms with E-state index < -0.39 is 11.8 Å². The van der Waals surface area contributed by atoms with Crippen LogP contribution in [0, 0.1) is 0 Å². The van der Waals surface area contributed by atoms with Crippen molar-refractivity contribution in [3.8, 4) is 11.5 Å². The van der Waals surface area contributed by atoms with Crippen molar-refractivity contribution < 1.29 is 19.1 Å². The molecule has 0 atom stereocenters. The van der Waals surface area contributed by atoms with E-state index in [2.05, 4.69) is 36.5 Å². The van der Waals surface area contributed by atoms with E-state index >= 15 is 0 Å². The Bertz CT molecular complexity index is 1410. The highest BCUT2D eigenvalue weighted by molar-refractivity contribution is 9.10. The largest absolute Gasteiger partial charge is 0.454 e. The zero-order chi connectivity index (χ0) is 24.2. The van der Waals surface area contributed by atoms with Gasteiger partial charge in [0.15, 0.2) is 11.5 Å². The van der Waals surface area contributed by atoms with Crippen LogP contribution < -0.4 is 20.1 Å². The smallest absolute Gasteiger partial charge is 0.267 e. The molecule has 4 aromatic rings. The van der Waals surface area contributed by atoms with Crippen LogP contribution in [-0.2, 0) is 11.2 Å². The minimum atomic E-state index is -0.417. The summed E-state index contributed by atoms with van der Waals surface area (Å²) in [6, 6.07) is 20.1. The highest BCUT2D eigenvalue weighted by atomic mass is 79.9. The normalized spacial score (nSPS) is 12.5. The van der Waals surface area contributed by atoms with Crippen molar-refractivity contribution in [2.75, 3.05) is 13.3 Å². The first-order chi connectivity index (χ1) is 17.1. The van der Waals surface area contributed by atoms with Crippen LogP contribution in [0.2, 0.25) is 0 Å². The van der Waals surface area contributed by atoms with Gasteiger partial charge in [0.1, 0.15) is 11.5 Å². The number of amides is 2. The number of halogens is 1. The van der Waals surface area contributed by atoms with E-state index in [-0.39, 0.29) is 12.5 Å². The van der Waals surface area contributed by atoms with E-state index in [1.165, 1.54) is 0 Å². The van der Waals surface area contributed by atoms with Crippen molar-refractivity contribution >= 4 is 44.9 Å². The third-order valence-electron chi connectivity index (χ3n) is 5.40. The monoisotopic (exact) mass is 532 g/mol. The zero-order valence-electron chi connectivity index (χ0n) is 18.5. The summed E-state index contributed by atoms with van der Waals surface area (Å²) in [5.41, 5.74) is 3.02. The van der Waals surface area contributed by atoms with Gasteiger partial charge in [-0.1, -0.05) is 30.3 Å². The fraction of sp³-hybridized carbons (Fsp3) is 0.115. The van der Waals surface area contributed by atoms with Crippen LogP contribution in [0.25, 0.3) is 17.1 Å². The number of fused-ring (bicyclic) bond motifs is 2. The Morgan fingerprint density at radius 3 is 2.69 bits per heavy atom. The number of para-hydroxylation sites is 2. The molecule has 0 saturated heterocycles. The highest BCUT2D eigenvalue weighted by Gasteiger charge is 2.18. The molecule has 0 aliphatic carbocycles. The summed E-state index contributed by atoms with van der Waals surface area (Å²) in [4.78, 5) is 33.8. The van der Waals surface area contributed by atoms with Gasteiger partial charge in [0, 0.05) is 17.4 Å². The van der Waals surface area contributed by atoms with Gasteiger partial charge in [-0.05, 0) is 64.0 Å². The van der Waals surface area contributed by atoms with Gasteiger partial charge >= 0.3 is 0 Å². The Morgan fingerprint density at radius 2 is 1.83 bits per heavy atom. The molecular formula is C26H21BrN4O4. The van der Waals surface area contributed by atoms with Gasteiger partial charge < -0.3 is 25.1 Å². The molecule has 1 aliphatic rings. The van der Waals surface area contributed by atoms with Crippen LogP contribution in [0.3, 0.4) is 0 Å². The van der Waals surface area contributed by atoms with Gasteiger partial charge in [-0.2, -0.15) is 0 Å². The second-order valence-corrected chi connectivity index (χ2v) is 8.67. The fourth-order valence-corrected chi connectivity index (χ4v) is 4.14. The van der Waals surface area contributed by atoms with Crippen LogP contribution >= 0.6 is 15.9 Å². The van der Waals surface area contributed by atoms with Crippen LogP contribution in [0.4, 0.5) is 0 Å². The van der Waals surface area contributed by atoms with E-state index in [4.69, 9.17) is 9.47 Å². The quantitative estimate of drug-likeness (QED) is 0.309. The molecule has 8 nitrogen and oxygen atoms in total. The summed E-state index contributed by atoms with van der Waals surface area (Å²) < 4.78 is 11.4. The number of ether oxygens (including phenoxy) is 2. The van der Waals surface area contributed by atoms with Crippen molar-refractivity contribution in [1.29, 1.82) is 0 Å². The lowest BCUT2D eigenvalue weighted by molar-refractivity contribution is -0.117. The van der Waals surface area contributed by atoms with Crippen LogP contribution in [0.1, 0.15) is 21.7 Å². The first-order valence-electron chi connectivity index (χ1n) is 11.0. The number of imidazole rings is 1. The molecule has 2 heterocycles. The van der Waals surface area contributed by atoms with E-state index in [0.717, 1.165) is 16.9 Å². The van der Waals surface area contributed by atoms with Gasteiger partial charge in [-0.25, -0.2) is 4.98 Å². The molecule has 1 aromatic heterocycles. The maximum Gasteiger partial charge on any atom is 0.267 e. The summed E-state index contributed by atoms with van der Waals surface area (Å²) in [6.45, 7) is 0.485. The first kappa shape index (κ1) is 22.7. The number of H-pyrrole nitrogens is 1. The number of nitrogens with one attached hydrogen (secondary N) is 3. The topological polar surface area (TPSA) is 105 Å². The van der Waals surface area contributed by atoms with Crippen molar-refractivity contribution in [3.63, 3.8) is 0 Å². The molecule has 0 radical (unpaired) electrons. The highest BCUT2D eigenvalue weighted by Crippen LogP contribution is 2.33. The summed E-state index contributed by atoms with van der Waals surface area (Å²) >= 11 is 3.39. The van der Waals surface area contributed by atoms with Crippen molar-refractivity contribution in [3.05, 3.63) is 93.9 Å². The molecule has 0 bridgehead atoms. The van der Waals surface area contributed by atoms with Gasteiger partial charge in [0.2, 0.25) is 6.79 Å². The van der Waals surface area contributed by atoms with Gasteiger partial charge in [0.25, 0.3) is 11.8 Å². The fourth-order valence-electron chi connectivity index (χ4n) is 3.68. The SMILES string of the molecule is O=C(NCCc1nc2ccccc2[nH]1)/C(=C/c1ccc2c(c1)OCO2)NC(=O)c1ccccc1Br. The van der Waals surface area contributed by atoms with Crippen LogP contribution in [0.5, 0.6) is 11.5 Å². The molecule has 3 aromatic carbocycles. The summed E-state index contributed by atoms with van der Waals surface area (Å²) in [5.74, 6) is 1.16. The van der Waals surface area contributed by atoms with Crippen LogP contribution in [-0.4, -0.2) is 35.1 Å². The number of aromatic amines is 1. The number of benzene rings is 3. The van der Waals surface area contributed by atoms with E-state index in [1.807, 2.05) is 30.3 Å². The lowest BCUT2D eigenvalue weighted by atomic mass is 10.1.